The molecule has 1 fully saturated rings. The average Bonchev–Trinajstić information content (AvgIpc) is 2.39. The van der Waals surface area contributed by atoms with Crippen LogP contribution in [0, 0.1) is 0 Å². The summed E-state index contributed by atoms with van der Waals surface area (Å²) < 4.78 is 5.29. The van der Waals surface area contributed by atoms with Crippen molar-refractivity contribution in [1.82, 2.24) is 9.97 Å². The molecule has 2 N–H and O–H groups in total. The summed E-state index contributed by atoms with van der Waals surface area (Å²) in [5, 5.41) is 0. The van der Waals surface area contributed by atoms with Gasteiger partial charge >= 0.3 is 0 Å². The van der Waals surface area contributed by atoms with Gasteiger partial charge in [0.05, 0.1) is 13.2 Å². The Morgan fingerprint density at radius 2 is 2.39 bits per heavy atom. The van der Waals surface area contributed by atoms with E-state index in [1.165, 1.54) is 0 Å². The Labute approximate surface area is 106 Å². The topological polar surface area (TPSA) is 81.3 Å². The monoisotopic (exact) mass is 250 g/mol. The van der Waals surface area contributed by atoms with Crippen LogP contribution >= 0.6 is 0 Å². The number of amides is 1. The Hall–Kier alpha value is -1.69. The summed E-state index contributed by atoms with van der Waals surface area (Å²) >= 11 is 0. The number of primary amides is 1. The van der Waals surface area contributed by atoms with Gasteiger partial charge in [0.2, 0.25) is 5.91 Å². The van der Waals surface area contributed by atoms with Crippen LogP contribution in [-0.2, 0) is 9.53 Å². The first-order chi connectivity index (χ1) is 8.59. The molecule has 2 rings (SSSR count). The van der Waals surface area contributed by atoms with Gasteiger partial charge in [0, 0.05) is 18.7 Å². The minimum absolute atomic E-state index is 0.248. The van der Waals surface area contributed by atoms with E-state index in [9.17, 15) is 4.79 Å². The number of anilines is 1. The Balaban J connectivity index is 2.28. The third kappa shape index (κ3) is 2.59. The van der Waals surface area contributed by atoms with Crippen molar-refractivity contribution in [1.29, 1.82) is 0 Å². The molecule has 6 heteroatoms. The molecule has 0 spiro atoms. The fraction of sp³-hybridized carbons (Fsp3) is 0.583. The molecule has 0 saturated carbocycles. The second-order valence-electron chi connectivity index (χ2n) is 4.61. The van der Waals surface area contributed by atoms with Gasteiger partial charge in [0.15, 0.2) is 0 Å². The Bertz CT molecular complexity index is 436. The van der Waals surface area contributed by atoms with Gasteiger partial charge in [-0.25, -0.2) is 9.97 Å². The average molecular weight is 250 g/mol. The summed E-state index contributed by atoms with van der Waals surface area (Å²) in [7, 11) is 0. The number of rotatable bonds is 3. The highest BCUT2D eigenvalue weighted by Gasteiger charge is 2.28. The van der Waals surface area contributed by atoms with Crippen LogP contribution in [0.5, 0.6) is 0 Å². The predicted octanol–water partition coefficient (Wildman–Crippen LogP) is 0.290. The zero-order chi connectivity index (χ0) is 13.1. The zero-order valence-corrected chi connectivity index (χ0v) is 10.7. The molecule has 98 valence electrons. The Morgan fingerprint density at radius 1 is 1.61 bits per heavy atom. The molecule has 1 atom stereocenters. The smallest absolute Gasteiger partial charge is 0.242 e. The molecule has 0 aliphatic carbocycles. The lowest BCUT2D eigenvalue weighted by molar-refractivity contribution is -0.121. The number of aromatic nitrogens is 2. The quantitative estimate of drug-likeness (QED) is 0.834. The highest BCUT2D eigenvalue weighted by molar-refractivity contribution is 5.83. The molecule has 18 heavy (non-hydrogen) atoms. The SMILES string of the molecule is CC(C)c1nccc(N2CCOC[C@@H]2C(N)=O)n1. The largest absolute Gasteiger partial charge is 0.377 e. The molecule has 0 unspecified atom stereocenters. The summed E-state index contributed by atoms with van der Waals surface area (Å²) in [5.41, 5.74) is 5.39. The zero-order valence-electron chi connectivity index (χ0n) is 10.7. The first-order valence-electron chi connectivity index (χ1n) is 6.06. The van der Waals surface area contributed by atoms with Gasteiger partial charge in [0.1, 0.15) is 17.7 Å². The van der Waals surface area contributed by atoms with Gasteiger partial charge in [0.25, 0.3) is 0 Å². The third-order valence-electron chi connectivity index (χ3n) is 2.93. The Kier molecular flexibility index (Phi) is 3.76. The lowest BCUT2D eigenvalue weighted by atomic mass is 10.2. The number of nitrogens with two attached hydrogens (primary N) is 1. The highest BCUT2D eigenvalue weighted by atomic mass is 16.5. The number of morpholine rings is 1. The summed E-state index contributed by atoms with van der Waals surface area (Å²) in [4.78, 5) is 22.0. The van der Waals surface area contributed by atoms with Gasteiger partial charge in [-0.05, 0) is 6.07 Å². The molecule has 0 aromatic carbocycles. The van der Waals surface area contributed by atoms with Crippen LogP contribution in [0.15, 0.2) is 12.3 Å². The highest BCUT2D eigenvalue weighted by Crippen LogP contribution is 2.19. The number of hydrogen-bond acceptors (Lipinski definition) is 5. The molecular formula is C12H18N4O2. The number of carbonyl (C=O) groups excluding carboxylic acids is 1. The first-order valence-corrected chi connectivity index (χ1v) is 6.06. The van der Waals surface area contributed by atoms with E-state index >= 15 is 0 Å². The van der Waals surface area contributed by atoms with Crippen LogP contribution in [0.25, 0.3) is 0 Å². The van der Waals surface area contributed by atoms with Crippen LogP contribution in [0.4, 0.5) is 5.82 Å². The second kappa shape index (κ2) is 5.30. The van der Waals surface area contributed by atoms with Crippen molar-refractivity contribution in [3.05, 3.63) is 18.1 Å². The third-order valence-corrected chi connectivity index (χ3v) is 2.93. The number of ether oxygens (including phenoxy) is 1. The van der Waals surface area contributed by atoms with Gasteiger partial charge in [-0.2, -0.15) is 0 Å². The molecule has 1 saturated heterocycles. The van der Waals surface area contributed by atoms with Crippen LogP contribution in [0.2, 0.25) is 0 Å². The minimum atomic E-state index is -0.450. The molecule has 1 aromatic heterocycles. The Morgan fingerprint density at radius 3 is 3.06 bits per heavy atom. The van der Waals surface area contributed by atoms with Crippen molar-refractivity contribution in [2.45, 2.75) is 25.8 Å². The first kappa shape index (κ1) is 12.8. The van der Waals surface area contributed by atoms with Crippen LogP contribution in [0.1, 0.15) is 25.6 Å². The van der Waals surface area contributed by atoms with Gasteiger partial charge < -0.3 is 15.4 Å². The number of nitrogens with zero attached hydrogens (tertiary/aromatic N) is 3. The van der Waals surface area contributed by atoms with E-state index in [0.29, 0.717) is 19.8 Å². The standard InChI is InChI=1S/C12H18N4O2/c1-8(2)12-14-4-3-10(15-12)16-5-6-18-7-9(16)11(13)17/h3-4,8-9H,5-7H2,1-2H3,(H2,13,17)/t9-/m1/s1. The lowest BCUT2D eigenvalue weighted by Gasteiger charge is -2.34. The van der Waals surface area contributed by atoms with Crippen molar-refractivity contribution in [3.63, 3.8) is 0 Å². The fourth-order valence-corrected chi connectivity index (χ4v) is 1.92. The van der Waals surface area contributed by atoms with Crippen LogP contribution in [0.3, 0.4) is 0 Å². The van der Waals surface area contributed by atoms with Gasteiger partial charge in [-0.3, -0.25) is 4.79 Å². The van der Waals surface area contributed by atoms with Crippen molar-refractivity contribution in [3.8, 4) is 0 Å². The molecule has 1 aliphatic rings. The molecule has 2 heterocycles. The van der Waals surface area contributed by atoms with E-state index in [1.54, 1.807) is 12.3 Å². The van der Waals surface area contributed by atoms with Crippen LogP contribution in [-0.4, -0.2) is 41.7 Å². The van der Waals surface area contributed by atoms with E-state index in [0.717, 1.165) is 11.6 Å². The predicted molar refractivity (Wildman–Crippen MR) is 67.3 cm³/mol. The molecule has 0 bridgehead atoms. The molecular weight excluding hydrogens is 232 g/mol. The number of carbonyl (C=O) groups is 1. The maximum atomic E-state index is 11.4. The summed E-state index contributed by atoms with van der Waals surface area (Å²) in [6.45, 7) is 5.57. The summed E-state index contributed by atoms with van der Waals surface area (Å²) in [5.74, 6) is 1.36. The molecule has 0 radical (unpaired) electrons. The normalized spacial score (nSPS) is 20.2. The van der Waals surface area contributed by atoms with E-state index in [1.807, 2.05) is 18.7 Å². The second-order valence-corrected chi connectivity index (χ2v) is 4.61. The van der Waals surface area contributed by atoms with Crippen LogP contribution < -0.4 is 10.6 Å². The minimum Gasteiger partial charge on any atom is -0.377 e. The van der Waals surface area contributed by atoms with E-state index in [4.69, 9.17) is 10.5 Å². The van der Waals surface area contributed by atoms with Crippen molar-refractivity contribution >= 4 is 11.7 Å². The maximum Gasteiger partial charge on any atom is 0.242 e. The fourth-order valence-electron chi connectivity index (χ4n) is 1.92. The van der Waals surface area contributed by atoms with Gasteiger partial charge in [-0.1, -0.05) is 13.8 Å². The molecule has 6 nitrogen and oxygen atoms in total. The molecule has 1 amide bonds. The van der Waals surface area contributed by atoms with E-state index < -0.39 is 6.04 Å². The van der Waals surface area contributed by atoms with Crippen molar-refractivity contribution in [2.75, 3.05) is 24.7 Å². The van der Waals surface area contributed by atoms with Crippen molar-refractivity contribution < 1.29 is 9.53 Å². The van der Waals surface area contributed by atoms with E-state index in [2.05, 4.69) is 9.97 Å². The van der Waals surface area contributed by atoms with E-state index in [-0.39, 0.29) is 11.8 Å². The number of hydrogen-bond donors (Lipinski definition) is 1. The maximum absolute atomic E-state index is 11.4. The van der Waals surface area contributed by atoms with Crippen molar-refractivity contribution in [2.24, 2.45) is 5.73 Å². The summed E-state index contributed by atoms with van der Waals surface area (Å²) in [6.07, 6.45) is 1.71. The van der Waals surface area contributed by atoms with Gasteiger partial charge in [-0.15, -0.1) is 0 Å². The molecule has 1 aromatic rings. The molecule has 1 aliphatic heterocycles. The lowest BCUT2D eigenvalue weighted by Crippen LogP contribution is -2.53. The summed E-state index contributed by atoms with van der Waals surface area (Å²) in [6, 6.07) is 1.35.